The second-order valence-electron chi connectivity index (χ2n) is 6.09. The zero-order valence-corrected chi connectivity index (χ0v) is 15.9. The lowest BCUT2D eigenvalue weighted by Gasteiger charge is -2.19. The number of nitrogens with zero attached hydrogens (tertiary/aromatic N) is 1. The summed E-state index contributed by atoms with van der Waals surface area (Å²) in [6, 6.07) is 3.94. The number of halogens is 1. The van der Waals surface area contributed by atoms with Gasteiger partial charge in [0.05, 0.1) is 12.0 Å². The normalized spacial score (nSPS) is 24.4. The van der Waals surface area contributed by atoms with Crippen molar-refractivity contribution in [2.24, 2.45) is 11.8 Å². The molecule has 0 aromatic heterocycles. The second kappa shape index (κ2) is 6.80. The van der Waals surface area contributed by atoms with Crippen LogP contribution in [-0.2, 0) is 19.9 Å². The molecule has 24 heavy (non-hydrogen) atoms. The third kappa shape index (κ3) is 3.41. The molecule has 1 N–H and O–H groups in total. The Labute approximate surface area is 148 Å². The molecule has 10 heteroatoms. The van der Waals surface area contributed by atoms with Gasteiger partial charge in [-0.2, -0.15) is 4.31 Å². The average molecular weight is 397 g/mol. The number of sulfonamides is 1. The van der Waals surface area contributed by atoms with Gasteiger partial charge >= 0.3 is 0 Å². The zero-order chi connectivity index (χ0) is 16.8. The van der Waals surface area contributed by atoms with Crippen molar-refractivity contribution in [3.63, 3.8) is 0 Å². The van der Waals surface area contributed by atoms with E-state index in [9.17, 15) is 16.8 Å². The minimum atomic E-state index is -3.79. The summed E-state index contributed by atoms with van der Waals surface area (Å²) in [5.74, 6) is 0.787. The van der Waals surface area contributed by atoms with Crippen LogP contribution in [-0.4, -0.2) is 60.7 Å². The first kappa shape index (κ1) is 19.5. The molecule has 0 saturated carbocycles. The molecule has 0 radical (unpaired) electrons. The molecule has 2 aliphatic heterocycles. The predicted molar refractivity (Wildman–Crippen MR) is 92.0 cm³/mol. The number of hydrogen-bond acceptors (Lipinski definition) is 6. The van der Waals surface area contributed by atoms with Crippen LogP contribution < -0.4 is 10.1 Å². The van der Waals surface area contributed by atoms with Gasteiger partial charge in [-0.1, -0.05) is 0 Å². The van der Waals surface area contributed by atoms with Gasteiger partial charge in [-0.3, -0.25) is 0 Å². The van der Waals surface area contributed by atoms with Crippen molar-refractivity contribution < 1.29 is 21.6 Å². The van der Waals surface area contributed by atoms with E-state index in [1.807, 2.05) is 0 Å². The van der Waals surface area contributed by atoms with E-state index in [1.165, 1.54) is 29.6 Å². The van der Waals surface area contributed by atoms with Crippen LogP contribution in [0, 0.1) is 11.8 Å². The summed E-state index contributed by atoms with van der Waals surface area (Å²) < 4.78 is 56.0. The van der Waals surface area contributed by atoms with Gasteiger partial charge < -0.3 is 10.1 Å². The van der Waals surface area contributed by atoms with Crippen LogP contribution in [0.25, 0.3) is 0 Å². The molecule has 0 amide bonds. The molecular formula is C14H21ClN2O5S2. The maximum absolute atomic E-state index is 13.0. The lowest BCUT2D eigenvalue weighted by atomic mass is 10.0. The van der Waals surface area contributed by atoms with Gasteiger partial charge in [0.15, 0.2) is 9.84 Å². The molecule has 136 valence electrons. The number of ether oxygens (including phenoxy) is 1. The molecule has 0 spiro atoms. The number of hydrogen-bond donors (Lipinski definition) is 1. The average Bonchev–Trinajstić information content (AvgIpc) is 3.07. The fourth-order valence-corrected chi connectivity index (χ4v) is 5.69. The molecule has 2 aliphatic rings. The number of benzene rings is 1. The largest absolute Gasteiger partial charge is 0.495 e. The predicted octanol–water partition coefficient (Wildman–Crippen LogP) is 0.360. The van der Waals surface area contributed by atoms with Crippen molar-refractivity contribution in [2.75, 3.05) is 39.5 Å². The fraction of sp³-hybridized carbons (Fsp3) is 0.571. The molecule has 3 rings (SSSR count). The number of methoxy groups -OCH3 is 1. The highest BCUT2D eigenvalue weighted by Crippen LogP contribution is 2.34. The van der Waals surface area contributed by atoms with E-state index in [1.54, 1.807) is 0 Å². The van der Waals surface area contributed by atoms with Crippen molar-refractivity contribution in [1.82, 2.24) is 9.62 Å². The molecule has 0 aliphatic carbocycles. The Hall–Kier alpha value is -0.870. The molecular weight excluding hydrogens is 376 g/mol. The minimum absolute atomic E-state index is 0. The summed E-state index contributed by atoms with van der Waals surface area (Å²) in [7, 11) is -5.92. The van der Waals surface area contributed by atoms with Crippen molar-refractivity contribution in [3.05, 3.63) is 18.2 Å². The molecule has 7 nitrogen and oxygen atoms in total. The number of fused-ring (bicyclic) bond motifs is 1. The number of rotatable bonds is 4. The van der Waals surface area contributed by atoms with E-state index in [-0.39, 0.29) is 27.9 Å². The van der Waals surface area contributed by atoms with Crippen molar-refractivity contribution in [3.8, 4) is 5.75 Å². The van der Waals surface area contributed by atoms with E-state index in [2.05, 4.69) is 5.32 Å². The van der Waals surface area contributed by atoms with Gasteiger partial charge in [0.25, 0.3) is 0 Å². The van der Waals surface area contributed by atoms with Crippen molar-refractivity contribution in [2.45, 2.75) is 9.79 Å². The summed E-state index contributed by atoms with van der Waals surface area (Å²) in [6.45, 7) is 2.53. The van der Waals surface area contributed by atoms with Crippen LogP contribution in [0.15, 0.2) is 28.0 Å². The SMILES string of the molecule is COc1ccc(S(C)(=O)=O)cc1S(=O)(=O)N1C[C@H]2CNC[C@H]2C1.Cl. The van der Waals surface area contributed by atoms with Crippen molar-refractivity contribution in [1.29, 1.82) is 0 Å². The Morgan fingerprint density at radius 1 is 1.12 bits per heavy atom. The molecule has 0 unspecified atom stereocenters. The van der Waals surface area contributed by atoms with Gasteiger partial charge in [0.2, 0.25) is 10.0 Å². The van der Waals surface area contributed by atoms with Gasteiger partial charge in [0.1, 0.15) is 10.6 Å². The Bertz CT molecular complexity index is 814. The summed E-state index contributed by atoms with van der Waals surface area (Å²) >= 11 is 0. The van der Waals surface area contributed by atoms with Crippen LogP contribution >= 0.6 is 12.4 Å². The standard InChI is InChI=1S/C14H20N2O5S2.ClH/c1-21-13-4-3-12(22(2,17)18)5-14(13)23(19,20)16-8-10-6-15-7-11(10)9-16;/h3-5,10-11,15H,6-9H2,1-2H3;1H/t10-,11+;. The molecule has 2 fully saturated rings. The van der Waals surface area contributed by atoms with Crippen LogP contribution in [0.2, 0.25) is 0 Å². The zero-order valence-electron chi connectivity index (χ0n) is 13.4. The van der Waals surface area contributed by atoms with E-state index < -0.39 is 19.9 Å². The lowest BCUT2D eigenvalue weighted by Crippen LogP contribution is -2.32. The van der Waals surface area contributed by atoms with Gasteiger partial charge in [0, 0.05) is 19.3 Å². The first-order valence-electron chi connectivity index (χ1n) is 7.32. The Kier molecular flexibility index (Phi) is 5.51. The Morgan fingerprint density at radius 3 is 2.21 bits per heavy atom. The first-order chi connectivity index (χ1) is 10.7. The van der Waals surface area contributed by atoms with Crippen molar-refractivity contribution >= 4 is 32.3 Å². The van der Waals surface area contributed by atoms with Crippen LogP contribution in [0.5, 0.6) is 5.75 Å². The van der Waals surface area contributed by atoms with E-state index in [0.717, 1.165) is 19.3 Å². The Morgan fingerprint density at radius 2 is 1.71 bits per heavy atom. The molecule has 0 bridgehead atoms. The highest BCUT2D eigenvalue weighted by Gasteiger charge is 2.42. The highest BCUT2D eigenvalue weighted by molar-refractivity contribution is 7.91. The molecule has 2 heterocycles. The smallest absolute Gasteiger partial charge is 0.246 e. The Balaban J connectivity index is 0.00000208. The third-order valence-corrected chi connectivity index (χ3v) is 7.50. The first-order valence-corrected chi connectivity index (χ1v) is 10.7. The number of nitrogens with one attached hydrogen (secondary N) is 1. The maximum Gasteiger partial charge on any atom is 0.246 e. The van der Waals surface area contributed by atoms with E-state index in [0.29, 0.717) is 24.9 Å². The highest BCUT2D eigenvalue weighted by atomic mass is 35.5. The lowest BCUT2D eigenvalue weighted by molar-refractivity contribution is 0.395. The quantitative estimate of drug-likeness (QED) is 0.790. The van der Waals surface area contributed by atoms with Gasteiger partial charge in [-0.15, -0.1) is 12.4 Å². The molecule has 1 aromatic rings. The van der Waals surface area contributed by atoms with E-state index in [4.69, 9.17) is 4.74 Å². The summed E-state index contributed by atoms with van der Waals surface area (Å²) in [4.78, 5) is -0.117. The molecule has 1 aromatic carbocycles. The van der Waals surface area contributed by atoms with Gasteiger partial charge in [-0.05, 0) is 43.1 Å². The fourth-order valence-electron chi connectivity index (χ4n) is 3.24. The summed E-state index contributed by atoms with van der Waals surface area (Å²) in [5, 5.41) is 3.26. The maximum atomic E-state index is 13.0. The van der Waals surface area contributed by atoms with Crippen LogP contribution in [0.3, 0.4) is 0 Å². The third-order valence-electron chi connectivity index (χ3n) is 4.54. The molecule has 2 saturated heterocycles. The van der Waals surface area contributed by atoms with Crippen LogP contribution in [0.4, 0.5) is 0 Å². The summed E-state index contributed by atoms with van der Waals surface area (Å²) in [5.41, 5.74) is 0. The number of sulfone groups is 1. The monoisotopic (exact) mass is 396 g/mol. The topological polar surface area (TPSA) is 92.8 Å². The molecule has 2 atom stereocenters. The van der Waals surface area contributed by atoms with Gasteiger partial charge in [-0.25, -0.2) is 16.8 Å². The van der Waals surface area contributed by atoms with E-state index >= 15 is 0 Å². The second-order valence-corrected chi connectivity index (χ2v) is 10.0. The van der Waals surface area contributed by atoms with Crippen LogP contribution in [0.1, 0.15) is 0 Å². The summed E-state index contributed by atoms with van der Waals surface area (Å²) in [6.07, 6.45) is 1.05. The minimum Gasteiger partial charge on any atom is -0.495 e.